The van der Waals surface area contributed by atoms with Crippen molar-refractivity contribution in [3.05, 3.63) is 36.2 Å². The molecule has 0 bridgehead atoms. The molecule has 6 nitrogen and oxygen atoms in total. The van der Waals surface area contributed by atoms with E-state index < -0.39 is 0 Å². The summed E-state index contributed by atoms with van der Waals surface area (Å²) < 4.78 is 0. The average Bonchev–Trinajstić information content (AvgIpc) is 2.39. The highest BCUT2D eigenvalue weighted by Crippen LogP contribution is 2.14. The molecule has 0 unspecified atom stereocenters. The Morgan fingerprint density at radius 1 is 1.16 bits per heavy atom. The minimum atomic E-state index is 0.0582. The monoisotopic (exact) mass is 259 g/mol. The standard InChI is InChI=1S/C13H17N5O/c1-10-14-12(16-11-6-4-3-5-7-11)17-13(15-10)18(2)8-9-19/h3-7,19H,8-9H2,1-2H3,(H,14,15,16,17). The summed E-state index contributed by atoms with van der Waals surface area (Å²) in [6, 6.07) is 9.71. The number of para-hydroxylation sites is 1. The molecule has 0 amide bonds. The van der Waals surface area contributed by atoms with Crippen LogP contribution in [0.3, 0.4) is 0 Å². The van der Waals surface area contributed by atoms with E-state index in [0.717, 1.165) is 5.69 Å². The van der Waals surface area contributed by atoms with Gasteiger partial charge in [0, 0.05) is 19.3 Å². The van der Waals surface area contributed by atoms with Gasteiger partial charge >= 0.3 is 0 Å². The van der Waals surface area contributed by atoms with Crippen molar-refractivity contribution in [2.45, 2.75) is 6.92 Å². The van der Waals surface area contributed by atoms with E-state index >= 15 is 0 Å². The third-order valence-electron chi connectivity index (χ3n) is 2.54. The summed E-state index contributed by atoms with van der Waals surface area (Å²) in [5.41, 5.74) is 0.920. The number of aliphatic hydroxyl groups excluding tert-OH is 1. The first kappa shape index (κ1) is 13.2. The van der Waals surface area contributed by atoms with Crippen LogP contribution in [0, 0.1) is 6.92 Å². The van der Waals surface area contributed by atoms with Crippen molar-refractivity contribution in [3.8, 4) is 0 Å². The van der Waals surface area contributed by atoms with Crippen LogP contribution in [0.25, 0.3) is 0 Å². The lowest BCUT2D eigenvalue weighted by Gasteiger charge is -2.16. The van der Waals surface area contributed by atoms with Crippen molar-refractivity contribution < 1.29 is 5.11 Å². The molecule has 0 saturated heterocycles. The number of likely N-dealkylation sites (N-methyl/N-ethyl adjacent to an activating group) is 1. The quantitative estimate of drug-likeness (QED) is 0.844. The summed E-state index contributed by atoms with van der Waals surface area (Å²) in [5.74, 6) is 1.67. The third kappa shape index (κ3) is 3.62. The van der Waals surface area contributed by atoms with Crippen LogP contribution in [0.2, 0.25) is 0 Å². The molecule has 1 aromatic carbocycles. The topological polar surface area (TPSA) is 74.2 Å². The van der Waals surface area contributed by atoms with Gasteiger partial charge in [-0.15, -0.1) is 0 Å². The Balaban J connectivity index is 2.21. The van der Waals surface area contributed by atoms with Gasteiger partial charge in [0.2, 0.25) is 11.9 Å². The van der Waals surface area contributed by atoms with Crippen molar-refractivity contribution in [1.29, 1.82) is 0 Å². The van der Waals surface area contributed by atoms with Crippen molar-refractivity contribution in [2.75, 3.05) is 30.4 Å². The van der Waals surface area contributed by atoms with Gasteiger partial charge in [-0.1, -0.05) is 18.2 Å². The number of rotatable bonds is 5. The van der Waals surface area contributed by atoms with E-state index in [9.17, 15) is 0 Å². The van der Waals surface area contributed by atoms with Crippen LogP contribution in [-0.4, -0.2) is 40.3 Å². The maximum Gasteiger partial charge on any atom is 0.232 e. The zero-order valence-corrected chi connectivity index (χ0v) is 11.0. The maximum absolute atomic E-state index is 8.94. The largest absolute Gasteiger partial charge is 0.395 e. The molecule has 6 heteroatoms. The van der Waals surface area contributed by atoms with Crippen LogP contribution in [0.15, 0.2) is 30.3 Å². The molecule has 19 heavy (non-hydrogen) atoms. The van der Waals surface area contributed by atoms with E-state index in [1.165, 1.54) is 0 Å². The Bertz CT molecular complexity index is 532. The van der Waals surface area contributed by atoms with E-state index in [4.69, 9.17) is 5.11 Å². The van der Waals surface area contributed by atoms with Gasteiger partial charge < -0.3 is 15.3 Å². The van der Waals surface area contributed by atoms with Crippen LogP contribution in [0.4, 0.5) is 17.6 Å². The van der Waals surface area contributed by atoms with Gasteiger partial charge in [-0.2, -0.15) is 15.0 Å². The molecule has 0 radical (unpaired) electrons. The predicted molar refractivity (Wildman–Crippen MR) is 74.6 cm³/mol. The second kappa shape index (κ2) is 6.10. The van der Waals surface area contributed by atoms with Gasteiger partial charge in [0.05, 0.1) is 6.61 Å². The Morgan fingerprint density at radius 3 is 2.58 bits per heavy atom. The number of aliphatic hydroxyl groups is 1. The minimum Gasteiger partial charge on any atom is -0.395 e. The van der Waals surface area contributed by atoms with Crippen LogP contribution in [-0.2, 0) is 0 Å². The van der Waals surface area contributed by atoms with Gasteiger partial charge in [-0.3, -0.25) is 0 Å². The van der Waals surface area contributed by atoms with Gasteiger partial charge in [-0.25, -0.2) is 0 Å². The summed E-state index contributed by atoms with van der Waals surface area (Å²) in [6.45, 7) is 2.35. The molecule has 0 atom stereocenters. The van der Waals surface area contributed by atoms with E-state index in [0.29, 0.717) is 24.3 Å². The highest BCUT2D eigenvalue weighted by atomic mass is 16.3. The highest BCUT2D eigenvalue weighted by Gasteiger charge is 2.08. The molecule has 2 N–H and O–H groups in total. The second-order valence-electron chi connectivity index (χ2n) is 4.14. The molecule has 1 heterocycles. The molecule has 0 fully saturated rings. The molecule has 0 aliphatic rings. The second-order valence-corrected chi connectivity index (χ2v) is 4.14. The van der Waals surface area contributed by atoms with Crippen LogP contribution in [0.5, 0.6) is 0 Å². The van der Waals surface area contributed by atoms with Crippen molar-refractivity contribution in [1.82, 2.24) is 15.0 Å². The number of hydrogen-bond acceptors (Lipinski definition) is 6. The molecule has 1 aromatic heterocycles. The number of anilines is 3. The first-order valence-electron chi connectivity index (χ1n) is 6.06. The van der Waals surface area contributed by atoms with Crippen molar-refractivity contribution >= 4 is 17.6 Å². The van der Waals surface area contributed by atoms with Crippen molar-refractivity contribution in [2.24, 2.45) is 0 Å². The van der Waals surface area contributed by atoms with Crippen LogP contribution >= 0.6 is 0 Å². The first-order valence-corrected chi connectivity index (χ1v) is 6.06. The zero-order valence-electron chi connectivity index (χ0n) is 11.0. The van der Waals surface area contributed by atoms with E-state index in [2.05, 4.69) is 20.3 Å². The zero-order chi connectivity index (χ0) is 13.7. The number of aromatic nitrogens is 3. The molecule has 100 valence electrons. The molecule has 2 rings (SSSR count). The van der Waals surface area contributed by atoms with Gasteiger partial charge in [0.1, 0.15) is 5.82 Å². The maximum atomic E-state index is 8.94. The van der Waals surface area contributed by atoms with E-state index in [-0.39, 0.29) is 6.61 Å². The molecular weight excluding hydrogens is 242 g/mol. The summed E-state index contributed by atoms with van der Waals surface area (Å²) in [7, 11) is 1.83. The van der Waals surface area contributed by atoms with Gasteiger partial charge in [-0.05, 0) is 19.1 Å². The molecule has 0 aliphatic carbocycles. The fourth-order valence-corrected chi connectivity index (χ4v) is 1.59. The number of hydrogen-bond donors (Lipinski definition) is 2. The fraction of sp³-hybridized carbons (Fsp3) is 0.308. The smallest absolute Gasteiger partial charge is 0.232 e. The summed E-state index contributed by atoms with van der Waals surface area (Å²) in [5, 5.41) is 12.1. The summed E-state index contributed by atoms with van der Waals surface area (Å²) in [6.07, 6.45) is 0. The number of nitrogens with one attached hydrogen (secondary N) is 1. The molecule has 2 aromatic rings. The summed E-state index contributed by atoms with van der Waals surface area (Å²) in [4.78, 5) is 14.6. The molecular formula is C13H17N5O. The summed E-state index contributed by atoms with van der Waals surface area (Å²) >= 11 is 0. The Morgan fingerprint density at radius 2 is 1.89 bits per heavy atom. The third-order valence-corrected chi connectivity index (χ3v) is 2.54. The average molecular weight is 259 g/mol. The number of nitrogens with zero attached hydrogens (tertiary/aromatic N) is 4. The molecule has 0 spiro atoms. The van der Waals surface area contributed by atoms with E-state index in [1.54, 1.807) is 4.90 Å². The van der Waals surface area contributed by atoms with Crippen molar-refractivity contribution in [3.63, 3.8) is 0 Å². The minimum absolute atomic E-state index is 0.0582. The lowest BCUT2D eigenvalue weighted by Crippen LogP contribution is -2.24. The first-order chi connectivity index (χ1) is 9.19. The molecule has 0 aliphatic heterocycles. The SMILES string of the molecule is Cc1nc(Nc2ccccc2)nc(N(C)CCO)n1. The number of aryl methyl sites for hydroxylation is 1. The Labute approximate surface area is 112 Å². The van der Waals surface area contributed by atoms with Gasteiger partial charge in [0.15, 0.2) is 0 Å². The number of benzene rings is 1. The van der Waals surface area contributed by atoms with Gasteiger partial charge in [0.25, 0.3) is 0 Å². The fourth-order valence-electron chi connectivity index (χ4n) is 1.59. The normalized spacial score (nSPS) is 10.3. The van der Waals surface area contributed by atoms with Crippen LogP contribution in [0.1, 0.15) is 5.82 Å². The lowest BCUT2D eigenvalue weighted by atomic mass is 10.3. The predicted octanol–water partition coefficient (Wildman–Crippen LogP) is 1.35. The lowest BCUT2D eigenvalue weighted by molar-refractivity contribution is 0.303. The Kier molecular flexibility index (Phi) is 4.25. The highest BCUT2D eigenvalue weighted by molar-refractivity contribution is 5.53. The van der Waals surface area contributed by atoms with E-state index in [1.807, 2.05) is 44.3 Å². The Hall–Kier alpha value is -2.21. The van der Waals surface area contributed by atoms with Crippen LogP contribution < -0.4 is 10.2 Å². The molecule has 0 saturated carbocycles.